The predicted octanol–water partition coefficient (Wildman–Crippen LogP) is 6.49. The SMILES string of the molecule is CCCS(=O)(=O)CC[C@@H]1CCC[C@@]2(Cc3ccc(C(F)(F)F)cc3)c3c(F)ccc(F)c3OC[C@@H]12. The average Bonchev–Trinajstić information content (AvgIpc) is 2.79. The number of rotatable bonds is 7. The van der Waals surface area contributed by atoms with E-state index in [2.05, 4.69) is 0 Å². The molecule has 3 atom stereocenters. The maximum absolute atomic E-state index is 15.3. The molecule has 0 radical (unpaired) electrons. The van der Waals surface area contributed by atoms with Gasteiger partial charge in [0.25, 0.3) is 0 Å². The van der Waals surface area contributed by atoms with Gasteiger partial charge in [0.2, 0.25) is 0 Å². The van der Waals surface area contributed by atoms with Crippen LogP contribution in [-0.4, -0.2) is 26.5 Å². The van der Waals surface area contributed by atoms with E-state index < -0.39 is 38.6 Å². The molecule has 0 N–H and O–H groups in total. The second-order valence-electron chi connectivity index (χ2n) is 9.77. The van der Waals surface area contributed by atoms with Crippen molar-refractivity contribution in [2.45, 2.75) is 57.0 Å². The summed E-state index contributed by atoms with van der Waals surface area (Å²) in [5.74, 6) is -1.72. The number of fused-ring (bicyclic) bond motifs is 3. The van der Waals surface area contributed by atoms with Crippen LogP contribution in [0.4, 0.5) is 22.0 Å². The van der Waals surface area contributed by atoms with Crippen molar-refractivity contribution in [1.82, 2.24) is 0 Å². The van der Waals surface area contributed by atoms with Crippen LogP contribution >= 0.6 is 0 Å². The number of halogens is 5. The Labute approximate surface area is 202 Å². The van der Waals surface area contributed by atoms with E-state index in [-0.39, 0.29) is 47.7 Å². The van der Waals surface area contributed by atoms with Crippen LogP contribution in [0, 0.1) is 23.5 Å². The first-order valence-electron chi connectivity index (χ1n) is 11.9. The third kappa shape index (κ3) is 5.20. The highest BCUT2D eigenvalue weighted by atomic mass is 32.2. The lowest BCUT2D eigenvalue weighted by atomic mass is 9.55. The van der Waals surface area contributed by atoms with Crippen molar-refractivity contribution >= 4 is 9.84 Å². The standard InChI is InChI=1S/C26H29F5O3S/c1-2-13-35(32,33)14-11-18-4-3-12-25(15-17-5-7-19(8-6-17)26(29,30)31)20(18)16-34-24-22(28)10-9-21(27)23(24)25/h5-10,18,20H,2-4,11-16H2,1H3/t18-,20-,25-/m0/s1. The molecular weight excluding hydrogens is 487 g/mol. The highest BCUT2D eigenvalue weighted by molar-refractivity contribution is 7.91. The van der Waals surface area contributed by atoms with Crippen molar-refractivity contribution < 1.29 is 35.1 Å². The molecule has 2 aliphatic rings. The zero-order valence-electron chi connectivity index (χ0n) is 19.5. The first kappa shape index (κ1) is 25.9. The van der Waals surface area contributed by atoms with Gasteiger partial charge >= 0.3 is 6.18 Å². The topological polar surface area (TPSA) is 43.4 Å². The zero-order chi connectivity index (χ0) is 25.4. The minimum absolute atomic E-state index is 0.0108. The quantitative estimate of drug-likeness (QED) is 0.395. The van der Waals surface area contributed by atoms with E-state index in [0.717, 1.165) is 30.7 Å². The van der Waals surface area contributed by atoms with Gasteiger partial charge in [0.1, 0.15) is 15.7 Å². The van der Waals surface area contributed by atoms with E-state index in [1.807, 2.05) is 0 Å². The van der Waals surface area contributed by atoms with E-state index in [1.165, 1.54) is 12.1 Å². The van der Waals surface area contributed by atoms with Gasteiger partial charge in [0, 0.05) is 22.6 Å². The summed E-state index contributed by atoms with van der Waals surface area (Å²) in [7, 11) is -3.22. The molecule has 192 valence electrons. The third-order valence-corrected chi connectivity index (χ3v) is 9.44. The molecule has 4 rings (SSSR count). The monoisotopic (exact) mass is 516 g/mol. The number of ether oxygens (including phenoxy) is 1. The lowest BCUT2D eigenvalue weighted by molar-refractivity contribution is -0.137. The molecule has 1 fully saturated rings. The third-order valence-electron chi connectivity index (χ3n) is 7.56. The molecule has 35 heavy (non-hydrogen) atoms. The summed E-state index contributed by atoms with van der Waals surface area (Å²) in [6.07, 6.45) is -1.44. The van der Waals surface area contributed by atoms with Gasteiger partial charge in [0.15, 0.2) is 11.6 Å². The first-order valence-corrected chi connectivity index (χ1v) is 13.8. The Morgan fingerprint density at radius 2 is 1.71 bits per heavy atom. The molecule has 2 aromatic carbocycles. The van der Waals surface area contributed by atoms with E-state index in [4.69, 9.17) is 4.74 Å². The molecule has 0 bridgehead atoms. The molecule has 1 heterocycles. The molecule has 1 saturated carbocycles. The Morgan fingerprint density at radius 3 is 2.37 bits per heavy atom. The Bertz CT molecular complexity index is 1160. The summed E-state index contributed by atoms with van der Waals surface area (Å²) in [4.78, 5) is 0. The van der Waals surface area contributed by atoms with Crippen molar-refractivity contribution in [3.8, 4) is 5.75 Å². The summed E-state index contributed by atoms with van der Waals surface area (Å²) in [5.41, 5.74) is -0.979. The average molecular weight is 517 g/mol. The van der Waals surface area contributed by atoms with E-state index >= 15 is 4.39 Å². The fourth-order valence-corrected chi connectivity index (χ4v) is 7.50. The van der Waals surface area contributed by atoms with Gasteiger partial charge in [-0.1, -0.05) is 25.5 Å². The lowest BCUT2D eigenvalue weighted by Gasteiger charge is -2.52. The first-order chi connectivity index (χ1) is 16.5. The van der Waals surface area contributed by atoms with Crippen LogP contribution in [-0.2, 0) is 27.8 Å². The van der Waals surface area contributed by atoms with Crippen molar-refractivity contribution in [2.75, 3.05) is 18.1 Å². The maximum atomic E-state index is 15.3. The van der Waals surface area contributed by atoms with E-state index in [1.54, 1.807) is 6.92 Å². The van der Waals surface area contributed by atoms with Crippen LogP contribution in [0.25, 0.3) is 0 Å². The molecule has 0 unspecified atom stereocenters. The summed E-state index contributed by atoms with van der Waals surface area (Å²) >= 11 is 0. The van der Waals surface area contributed by atoms with Crippen molar-refractivity contribution in [2.24, 2.45) is 11.8 Å². The Balaban J connectivity index is 1.74. The largest absolute Gasteiger partial charge is 0.490 e. The van der Waals surface area contributed by atoms with Gasteiger partial charge in [0.05, 0.1) is 17.9 Å². The van der Waals surface area contributed by atoms with Crippen LogP contribution in [0.2, 0.25) is 0 Å². The fraction of sp³-hybridized carbons (Fsp3) is 0.538. The second-order valence-corrected chi connectivity index (χ2v) is 12.1. The van der Waals surface area contributed by atoms with Gasteiger partial charge in [-0.25, -0.2) is 17.2 Å². The Morgan fingerprint density at radius 1 is 1.03 bits per heavy atom. The normalized spacial score (nSPS) is 24.4. The molecule has 0 spiro atoms. The minimum atomic E-state index is -4.47. The summed E-state index contributed by atoms with van der Waals surface area (Å²) in [6.45, 7) is 1.91. The van der Waals surface area contributed by atoms with Gasteiger partial charge in [-0.15, -0.1) is 0 Å². The summed E-state index contributed by atoms with van der Waals surface area (Å²) < 4.78 is 99.7. The zero-order valence-corrected chi connectivity index (χ0v) is 20.3. The Kier molecular flexibility index (Phi) is 7.19. The number of hydrogen-bond acceptors (Lipinski definition) is 3. The number of alkyl halides is 3. The highest BCUT2D eigenvalue weighted by Gasteiger charge is 2.52. The maximum Gasteiger partial charge on any atom is 0.416 e. The molecule has 1 aliphatic carbocycles. The molecule has 0 saturated heterocycles. The molecule has 9 heteroatoms. The molecular formula is C26H29F5O3S. The lowest BCUT2D eigenvalue weighted by Crippen LogP contribution is -2.51. The van der Waals surface area contributed by atoms with Crippen LogP contribution in [0.5, 0.6) is 5.75 Å². The van der Waals surface area contributed by atoms with Gasteiger partial charge in [-0.05, 0) is 67.9 Å². The van der Waals surface area contributed by atoms with Crippen LogP contribution in [0.3, 0.4) is 0 Å². The van der Waals surface area contributed by atoms with Crippen LogP contribution < -0.4 is 4.74 Å². The van der Waals surface area contributed by atoms with E-state index in [9.17, 15) is 26.0 Å². The predicted molar refractivity (Wildman–Crippen MR) is 123 cm³/mol. The fourth-order valence-electron chi connectivity index (χ4n) is 6.01. The number of hydrogen-bond donors (Lipinski definition) is 0. The summed E-state index contributed by atoms with van der Waals surface area (Å²) in [5, 5.41) is 0. The number of benzene rings is 2. The number of sulfone groups is 1. The van der Waals surface area contributed by atoms with Crippen molar-refractivity contribution in [1.29, 1.82) is 0 Å². The van der Waals surface area contributed by atoms with Crippen molar-refractivity contribution in [3.63, 3.8) is 0 Å². The minimum Gasteiger partial charge on any atom is -0.490 e. The molecule has 1 aliphatic heterocycles. The smallest absolute Gasteiger partial charge is 0.416 e. The molecule has 0 amide bonds. The van der Waals surface area contributed by atoms with Gasteiger partial charge in [-0.2, -0.15) is 13.2 Å². The van der Waals surface area contributed by atoms with Crippen LogP contribution in [0.15, 0.2) is 36.4 Å². The van der Waals surface area contributed by atoms with Gasteiger partial charge < -0.3 is 4.74 Å². The second kappa shape index (κ2) is 9.71. The van der Waals surface area contributed by atoms with Crippen molar-refractivity contribution in [3.05, 3.63) is 64.7 Å². The molecule has 0 aromatic heterocycles. The highest BCUT2D eigenvalue weighted by Crippen LogP contribution is 2.55. The molecule has 3 nitrogen and oxygen atoms in total. The van der Waals surface area contributed by atoms with E-state index in [0.29, 0.717) is 31.2 Å². The van der Waals surface area contributed by atoms with Gasteiger partial charge in [-0.3, -0.25) is 0 Å². The molecule has 2 aromatic rings. The van der Waals surface area contributed by atoms with Crippen LogP contribution in [0.1, 0.15) is 55.7 Å². The Hall–Kier alpha value is -2.16. The summed E-state index contributed by atoms with van der Waals surface area (Å²) in [6, 6.07) is 6.84.